The van der Waals surface area contributed by atoms with Gasteiger partial charge in [-0.05, 0) is 42.0 Å². The molecule has 1 N–H and O–H groups in total. The van der Waals surface area contributed by atoms with Gasteiger partial charge in [-0.2, -0.15) is 0 Å². The highest BCUT2D eigenvalue weighted by atomic mass is 35.5. The van der Waals surface area contributed by atoms with Gasteiger partial charge in [0.1, 0.15) is 11.5 Å². The molecule has 0 spiro atoms. The van der Waals surface area contributed by atoms with E-state index in [4.69, 9.17) is 21.1 Å². The highest BCUT2D eigenvalue weighted by molar-refractivity contribution is 7.91. The van der Waals surface area contributed by atoms with E-state index < -0.39 is 9.84 Å². The summed E-state index contributed by atoms with van der Waals surface area (Å²) >= 11 is 7.26. The van der Waals surface area contributed by atoms with Gasteiger partial charge in [-0.25, -0.2) is 8.42 Å². The topological polar surface area (TPSA) is 81.7 Å². The van der Waals surface area contributed by atoms with Crippen molar-refractivity contribution in [3.8, 4) is 21.9 Å². The SMILES string of the molecule is COc1ccc(OC)c(CNC(=O)c2cc3c(s2)-c2ccc(Cl)cc2S(=O)(=O)C3)c1. The molecule has 0 fully saturated rings. The lowest BCUT2D eigenvalue weighted by molar-refractivity contribution is 0.0954. The van der Waals surface area contributed by atoms with Gasteiger partial charge in [-0.3, -0.25) is 4.79 Å². The van der Waals surface area contributed by atoms with Gasteiger partial charge in [0.15, 0.2) is 9.84 Å². The number of carbonyl (C=O) groups excluding carboxylic acids is 1. The Kier molecular flexibility index (Phi) is 5.48. The van der Waals surface area contributed by atoms with Crippen molar-refractivity contribution in [2.75, 3.05) is 14.2 Å². The number of benzene rings is 2. The van der Waals surface area contributed by atoms with Crippen LogP contribution >= 0.6 is 22.9 Å². The summed E-state index contributed by atoms with van der Waals surface area (Å²) in [5, 5.41) is 3.23. The highest BCUT2D eigenvalue weighted by Crippen LogP contribution is 2.43. The van der Waals surface area contributed by atoms with E-state index in [9.17, 15) is 13.2 Å². The van der Waals surface area contributed by atoms with E-state index >= 15 is 0 Å². The molecule has 0 atom stereocenters. The maximum Gasteiger partial charge on any atom is 0.261 e. The van der Waals surface area contributed by atoms with Crippen LogP contribution in [0.4, 0.5) is 0 Å². The normalized spacial score (nSPS) is 13.8. The van der Waals surface area contributed by atoms with Crippen LogP contribution in [-0.2, 0) is 22.1 Å². The molecular weight excluding hydrogens is 446 g/mol. The van der Waals surface area contributed by atoms with Gasteiger partial charge in [0.25, 0.3) is 5.91 Å². The second-order valence-corrected chi connectivity index (χ2v) is 10.2. The summed E-state index contributed by atoms with van der Waals surface area (Å²) < 4.78 is 35.8. The molecule has 9 heteroatoms. The molecule has 4 rings (SSSR count). The summed E-state index contributed by atoms with van der Waals surface area (Å²) in [7, 11) is -0.373. The molecule has 0 aliphatic carbocycles. The van der Waals surface area contributed by atoms with E-state index in [2.05, 4.69) is 5.32 Å². The zero-order valence-corrected chi connectivity index (χ0v) is 18.6. The van der Waals surface area contributed by atoms with E-state index in [1.54, 1.807) is 50.6 Å². The van der Waals surface area contributed by atoms with Crippen molar-refractivity contribution in [3.63, 3.8) is 0 Å². The second-order valence-electron chi connectivity index (χ2n) is 6.73. The third-order valence-electron chi connectivity index (χ3n) is 4.83. The molecular formula is C21H18ClNO5S2. The van der Waals surface area contributed by atoms with Gasteiger partial charge in [0, 0.05) is 27.6 Å². The first-order valence-electron chi connectivity index (χ1n) is 8.97. The second kappa shape index (κ2) is 7.94. The minimum absolute atomic E-state index is 0.150. The monoisotopic (exact) mass is 463 g/mol. The number of ether oxygens (including phenoxy) is 2. The fraction of sp³-hybridized carbons (Fsp3) is 0.190. The summed E-state index contributed by atoms with van der Waals surface area (Å²) in [6.45, 7) is 0.242. The predicted octanol–water partition coefficient (Wildman–Crippen LogP) is 4.30. The van der Waals surface area contributed by atoms with Gasteiger partial charge in [-0.15, -0.1) is 11.3 Å². The molecule has 0 saturated heterocycles. The minimum Gasteiger partial charge on any atom is -0.497 e. The molecule has 0 saturated carbocycles. The summed E-state index contributed by atoms with van der Waals surface area (Å²) in [6.07, 6.45) is 0. The van der Waals surface area contributed by atoms with Crippen LogP contribution in [0.1, 0.15) is 20.8 Å². The number of hydrogen-bond donors (Lipinski definition) is 1. The molecule has 1 aliphatic heterocycles. The third-order valence-corrected chi connectivity index (χ3v) is 7.97. The molecule has 1 amide bonds. The molecule has 2 heterocycles. The van der Waals surface area contributed by atoms with E-state index in [1.807, 2.05) is 0 Å². The first-order valence-corrected chi connectivity index (χ1v) is 11.8. The van der Waals surface area contributed by atoms with Crippen molar-refractivity contribution in [1.29, 1.82) is 0 Å². The van der Waals surface area contributed by atoms with Crippen LogP contribution in [-0.4, -0.2) is 28.5 Å². The number of amides is 1. The number of thiophene rings is 1. The Balaban J connectivity index is 1.61. The lowest BCUT2D eigenvalue weighted by atomic mass is 10.1. The Morgan fingerprint density at radius 3 is 2.67 bits per heavy atom. The maximum atomic E-state index is 12.8. The number of hydrogen-bond acceptors (Lipinski definition) is 6. The molecule has 1 aromatic heterocycles. The summed E-state index contributed by atoms with van der Waals surface area (Å²) in [6, 6.07) is 11.8. The lowest BCUT2D eigenvalue weighted by Crippen LogP contribution is -2.22. The van der Waals surface area contributed by atoms with Crippen molar-refractivity contribution < 1.29 is 22.7 Å². The van der Waals surface area contributed by atoms with Crippen molar-refractivity contribution in [1.82, 2.24) is 5.32 Å². The molecule has 0 bridgehead atoms. The predicted molar refractivity (Wildman–Crippen MR) is 116 cm³/mol. The Bertz CT molecular complexity index is 1250. The third kappa shape index (κ3) is 3.78. The number of fused-ring (bicyclic) bond motifs is 3. The van der Waals surface area contributed by atoms with E-state index in [0.717, 1.165) is 10.4 Å². The molecule has 0 radical (unpaired) electrons. The van der Waals surface area contributed by atoms with Gasteiger partial charge in [0.2, 0.25) is 0 Å². The van der Waals surface area contributed by atoms with Crippen LogP contribution in [0, 0.1) is 0 Å². The summed E-state index contributed by atoms with van der Waals surface area (Å²) in [5.74, 6) is 0.862. The number of halogens is 1. The Labute approximate surface area is 183 Å². The zero-order valence-electron chi connectivity index (χ0n) is 16.2. The number of sulfone groups is 1. The summed E-state index contributed by atoms with van der Waals surface area (Å²) in [5.41, 5.74) is 1.98. The van der Waals surface area contributed by atoms with Crippen LogP contribution in [0.25, 0.3) is 10.4 Å². The molecule has 6 nitrogen and oxygen atoms in total. The first-order chi connectivity index (χ1) is 14.3. The number of carbonyl (C=O) groups is 1. The number of nitrogens with one attached hydrogen (secondary N) is 1. The molecule has 156 valence electrons. The Hall–Kier alpha value is -2.55. The van der Waals surface area contributed by atoms with Gasteiger partial charge in [0.05, 0.1) is 29.7 Å². The van der Waals surface area contributed by atoms with Crippen molar-refractivity contribution in [2.24, 2.45) is 0 Å². The minimum atomic E-state index is -3.50. The van der Waals surface area contributed by atoms with Crippen molar-refractivity contribution in [2.45, 2.75) is 17.2 Å². The summed E-state index contributed by atoms with van der Waals surface area (Å²) in [4.78, 5) is 14.2. The molecule has 2 aromatic carbocycles. The number of rotatable bonds is 5. The van der Waals surface area contributed by atoms with E-state index in [-0.39, 0.29) is 23.1 Å². The van der Waals surface area contributed by atoms with Crippen LogP contribution in [0.2, 0.25) is 5.02 Å². The van der Waals surface area contributed by atoms with Crippen molar-refractivity contribution in [3.05, 3.63) is 63.5 Å². The molecule has 30 heavy (non-hydrogen) atoms. The molecule has 0 unspecified atom stereocenters. The Morgan fingerprint density at radius 2 is 1.93 bits per heavy atom. The number of methoxy groups -OCH3 is 2. The van der Waals surface area contributed by atoms with Gasteiger partial charge < -0.3 is 14.8 Å². The van der Waals surface area contributed by atoms with Crippen LogP contribution in [0.5, 0.6) is 11.5 Å². The van der Waals surface area contributed by atoms with E-state index in [0.29, 0.717) is 32.5 Å². The first kappa shape index (κ1) is 20.7. The zero-order chi connectivity index (χ0) is 21.5. The fourth-order valence-corrected chi connectivity index (χ4v) is 6.52. The molecule has 1 aliphatic rings. The standard InChI is InChI=1S/C21H18ClNO5S2/c1-27-15-4-6-17(28-2)12(7-15)10-23-21(24)18-8-13-11-30(25,26)19-9-14(22)3-5-16(19)20(13)29-18/h3-9H,10-11H2,1-2H3,(H,23,24). The smallest absolute Gasteiger partial charge is 0.261 e. The lowest BCUT2D eigenvalue weighted by Gasteiger charge is -2.16. The quantitative estimate of drug-likeness (QED) is 0.610. The average Bonchev–Trinajstić information content (AvgIpc) is 3.15. The van der Waals surface area contributed by atoms with Crippen LogP contribution in [0.15, 0.2) is 47.4 Å². The fourth-order valence-electron chi connectivity index (χ4n) is 3.38. The maximum absolute atomic E-state index is 12.8. The van der Waals surface area contributed by atoms with Gasteiger partial charge in [-0.1, -0.05) is 17.7 Å². The Morgan fingerprint density at radius 1 is 1.13 bits per heavy atom. The van der Waals surface area contributed by atoms with Crippen molar-refractivity contribution >= 4 is 38.7 Å². The highest BCUT2D eigenvalue weighted by Gasteiger charge is 2.31. The van der Waals surface area contributed by atoms with Gasteiger partial charge >= 0.3 is 0 Å². The van der Waals surface area contributed by atoms with Crippen LogP contribution < -0.4 is 14.8 Å². The largest absolute Gasteiger partial charge is 0.497 e. The average molecular weight is 464 g/mol. The molecule has 3 aromatic rings. The van der Waals surface area contributed by atoms with Crippen LogP contribution in [0.3, 0.4) is 0 Å². The van der Waals surface area contributed by atoms with E-state index in [1.165, 1.54) is 17.4 Å².